The summed E-state index contributed by atoms with van der Waals surface area (Å²) in [6, 6.07) is 0. The van der Waals surface area contributed by atoms with E-state index in [2.05, 4.69) is 9.47 Å². The van der Waals surface area contributed by atoms with Gasteiger partial charge >= 0.3 is 207 Å². The molecule has 0 bridgehead atoms. The van der Waals surface area contributed by atoms with Gasteiger partial charge in [-0.2, -0.15) is 0 Å². The summed E-state index contributed by atoms with van der Waals surface area (Å²) < 4.78 is 6.47. The van der Waals surface area contributed by atoms with E-state index in [0.717, 1.165) is 0 Å². The molecule has 0 rings (SSSR count). The van der Waals surface area contributed by atoms with Crippen LogP contribution in [-0.2, 0) is 9.47 Å². The third-order valence-corrected chi connectivity index (χ3v) is 0.341. The van der Waals surface area contributed by atoms with Crippen LogP contribution in [0.5, 0.6) is 0 Å². The number of carboxylic acid groups (broad SMARTS) is 2. The zero-order valence-corrected chi connectivity index (χ0v) is 23.1. The first-order valence-electron chi connectivity index (χ1n) is 1.88. The molecule has 0 amide bonds. The molecule has 0 heterocycles. The van der Waals surface area contributed by atoms with E-state index in [1.807, 2.05) is 0 Å². The van der Waals surface area contributed by atoms with Crippen LogP contribution in [0.1, 0.15) is 11.4 Å². The van der Waals surface area contributed by atoms with E-state index in [-0.39, 0.29) is 200 Å². The van der Waals surface area contributed by atoms with Crippen molar-refractivity contribution in [2.24, 2.45) is 0 Å². The van der Waals surface area contributed by atoms with Gasteiger partial charge in [-0.05, 0) is 0 Å². The van der Waals surface area contributed by atoms with Crippen molar-refractivity contribution in [2.45, 2.75) is 0 Å². The SMILES string of the molecule is O=C(O)OC(=O)OC(=O)O.[Ba+2].[Ba+2].[H-].[H-].[H-].[H-].[H-].[H-].[H-].[H-].[Sr+2].[Sr+2]. The van der Waals surface area contributed by atoms with Crippen molar-refractivity contribution in [1.29, 1.82) is 0 Å². The third-order valence-electron chi connectivity index (χ3n) is 0.341. The molecular formula is C3H10Ba2O7Sr2. The van der Waals surface area contributed by atoms with Crippen LogP contribution < -0.4 is 0 Å². The Bertz CT molecular complexity index is 189. The minimum absolute atomic E-state index is 0. The van der Waals surface area contributed by atoms with Crippen molar-refractivity contribution in [1.82, 2.24) is 0 Å². The van der Waals surface area contributed by atoms with Crippen molar-refractivity contribution in [3.8, 4) is 0 Å². The molecule has 14 heavy (non-hydrogen) atoms. The summed E-state index contributed by atoms with van der Waals surface area (Å²) >= 11 is 0. The number of hydrogen-bond donors (Lipinski definition) is 2. The van der Waals surface area contributed by atoms with Gasteiger partial charge in [0, 0.05) is 0 Å². The van der Waals surface area contributed by atoms with E-state index < -0.39 is 18.5 Å². The van der Waals surface area contributed by atoms with Crippen LogP contribution in [0.25, 0.3) is 0 Å². The summed E-state index contributed by atoms with van der Waals surface area (Å²) in [6.45, 7) is 0. The molecule has 2 N–H and O–H groups in total. The molecule has 7 nitrogen and oxygen atoms in total. The van der Waals surface area contributed by atoms with Gasteiger partial charge in [-0.3, -0.25) is 0 Å². The predicted octanol–water partition coefficient (Wildman–Crippen LogP) is -0.128. The normalized spacial score (nSPS) is 5.71. The van der Waals surface area contributed by atoms with E-state index in [1.165, 1.54) is 0 Å². The van der Waals surface area contributed by atoms with E-state index in [0.29, 0.717) is 0 Å². The maximum absolute atomic E-state index is 9.86. The van der Waals surface area contributed by atoms with E-state index >= 15 is 0 Å². The van der Waals surface area contributed by atoms with Crippen LogP contribution in [0.3, 0.4) is 0 Å². The molecule has 11 heteroatoms. The zero-order valence-electron chi connectivity index (χ0n) is 15.3. The minimum atomic E-state index is -1.92. The van der Waals surface area contributed by atoms with Crippen molar-refractivity contribution >= 4 is 207 Å². The van der Waals surface area contributed by atoms with Gasteiger partial charge in [0.25, 0.3) is 0 Å². The predicted molar refractivity (Wildman–Crippen MR) is 55.5 cm³/mol. The molecule has 0 aliphatic heterocycles. The molecule has 0 fully saturated rings. The van der Waals surface area contributed by atoms with Crippen LogP contribution in [0, 0.1) is 0 Å². The van der Waals surface area contributed by atoms with Crippen LogP contribution >= 0.6 is 0 Å². The average molecular weight is 608 g/mol. The molecule has 0 spiro atoms. The van der Waals surface area contributed by atoms with Crippen molar-refractivity contribution in [3.63, 3.8) is 0 Å². The molecule has 0 aliphatic carbocycles. The van der Waals surface area contributed by atoms with E-state index in [4.69, 9.17) is 10.2 Å². The first kappa shape index (κ1) is 31.0. The van der Waals surface area contributed by atoms with E-state index in [1.54, 1.807) is 0 Å². The van der Waals surface area contributed by atoms with Crippen molar-refractivity contribution in [3.05, 3.63) is 0 Å². The smallest absolute Gasteiger partial charge is 1.00 e. The Morgan fingerprint density at radius 3 is 1.21 bits per heavy atom. The first-order chi connectivity index (χ1) is 4.52. The second-order valence-corrected chi connectivity index (χ2v) is 0.986. The van der Waals surface area contributed by atoms with Gasteiger partial charge in [0.1, 0.15) is 0 Å². The summed E-state index contributed by atoms with van der Waals surface area (Å²) in [5.74, 6) is 0. The molecule has 0 saturated carbocycles. The fourth-order valence-corrected chi connectivity index (χ4v) is 0.163. The monoisotopic (exact) mass is 610 g/mol. The largest absolute Gasteiger partial charge is 2.00 e. The van der Waals surface area contributed by atoms with Gasteiger partial charge in [-0.1, -0.05) is 0 Å². The molecule has 0 radical (unpaired) electrons. The standard InChI is InChI=1S/C3H2O7.2Ba.2Sr.8H/c4-1(5)9-3(8)10-2(6)7;;;;;;;;;;;;/h(H,4,5)(H,6,7);;;;;;;;;;;;/q;4*+2;8*-1. The number of hydrogen-bond acceptors (Lipinski definition) is 5. The average Bonchev–Trinajstić information content (AvgIpc) is 1.58. The van der Waals surface area contributed by atoms with Crippen molar-refractivity contribution in [2.75, 3.05) is 0 Å². The van der Waals surface area contributed by atoms with Crippen LogP contribution in [0.15, 0.2) is 0 Å². The Hall–Kier alpha value is 4.31. The quantitative estimate of drug-likeness (QED) is 0.224. The maximum atomic E-state index is 9.86. The Kier molecular flexibility index (Phi) is 43.5. The fraction of sp³-hybridized carbons (Fsp3) is 0. The molecular weight excluding hydrogens is 598 g/mol. The molecule has 0 aromatic carbocycles. The number of ether oxygens (including phenoxy) is 2. The fourth-order valence-electron chi connectivity index (χ4n) is 0.163. The number of carbonyl (C=O) groups is 3. The Morgan fingerprint density at radius 2 is 1.07 bits per heavy atom. The van der Waals surface area contributed by atoms with Crippen LogP contribution in [-0.4, -0.2) is 217 Å². The summed E-state index contributed by atoms with van der Waals surface area (Å²) in [5, 5.41) is 15.4. The molecule has 0 saturated heterocycles. The molecule has 0 aliphatic rings. The van der Waals surface area contributed by atoms with Gasteiger partial charge in [0.05, 0.1) is 0 Å². The van der Waals surface area contributed by atoms with Crippen LogP contribution in [0.2, 0.25) is 0 Å². The summed E-state index contributed by atoms with van der Waals surface area (Å²) in [6.07, 6.45) is -5.64. The third kappa shape index (κ3) is 25.2. The van der Waals surface area contributed by atoms with Gasteiger partial charge in [-0.15, -0.1) is 0 Å². The molecule has 0 unspecified atom stereocenters. The molecule has 72 valence electrons. The zero-order chi connectivity index (χ0) is 8.15. The summed E-state index contributed by atoms with van der Waals surface area (Å²) in [4.78, 5) is 28.8. The van der Waals surface area contributed by atoms with E-state index in [9.17, 15) is 14.4 Å². The Balaban J connectivity index is -0.00000000614. The Morgan fingerprint density at radius 1 is 0.857 bits per heavy atom. The minimum Gasteiger partial charge on any atom is -1.00 e. The molecule has 0 atom stereocenters. The molecule has 0 aromatic rings. The van der Waals surface area contributed by atoms with Crippen LogP contribution in [0.4, 0.5) is 14.4 Å². The van der Waals surface area contributed by atoms with Gasteiger partial charge < -0.3 is 31.1 Å². The second kappa shape index (κ2) is 19.6. The van der Waals surface area contributed by atoms with Crippen molar-refractivity contribution < 1.29 is 45.5 Å². The first-order valence-corrected chi connectivity index (χ1v) is 1.88. The summed E-state index contributed by atoms with van der Waals surface area (Å²) in [5.41, 5.74) is 0. The van der Waals surface area contributed by atoms with Gasteiger partial charge in [-0.25, -0.2) is 14.4 Å². The number of rotatable bonds is 0. The van der Waals surface area contributed by atoms with Gasteiger partial charge in [0.2, 0.25) is 0 Å². The number of carbonyl (C=O) groups excluding carboxylic acids is 1. The van der Waals surface area contributed by atoms with Gasteiger partial charge in [0.15, 0.2) is 0 Å². The Labute approximate surface area is 246 Å². The molecule has 0 aromatic heterocycles. The topological polar surface area (TPSA) is 110 Å². The second-order valence-electron chi connectivity index (χ2n) is 0.986. The maximum Gasteiger partial charge on any atom is 2.00 e. The summed E-state index contributed by atoms with van der Waals surface area (Å²) in [7, 11) is 0.